The highest BCUT2D eigenvalue weighted by molar-refractivity contribution is 5.36. The van der Waals surface area contributed by atoms with Crippen molar-refractivity contribution in [3.8, 4) is 6.07 Å². The van der Waals surface area contributed by atoms with E-state index >= 15 is 0 Å². The van der Waals surface area contributed by atoms with Crippen molar-refractivity contribution in [2.45, 2.75) is 33.4 Å². The van der Waals surface area contributed by atoms with Crippen LogP contribution in [0.4, 0.5) is 0 Å². The quantitative estimate of drug-likeness (QED) is 0.734. The van der Waals surface area contributed by atoms with Gasteiger partial charge in [0, 0.05) is 18.5 Å². The lowest BCUT2D eigenvalue weighted by molar-refractivity contribution is 0.104. The second kappa shape index (κ2) is 4.03. The number of nitriles is 1. The molecule has 1 aromatic rings. The summed E-state index contributed by atoms with van der Waals surface area (Å²) >= 11 is 0. The van der Waals surface area contributed by atoms with Gasteiger partial charge >= 0.3 is 0 Å². The number of aromatic nitrogens is 2. The van der Waals surface area contributed by atoms with Crippen LogP contribution in [-0.2, 0) is 24.3 Å². The Kier molecular flexibility index (Phi) is 2.74. The molecule has 1 aliphatic heterocycles. The summed E-state index contributed by atoms with van der Waals surface area (Å²) in [6.07, 6.45) is 0.816. The van der Waals surface area contributed by atoms with Crippen LogP contribution in [0.1, 0.15) is 30.8 Å². The first-order valence-corrected chi connectivity index (χ1v) is 5.28. The molecule has 15 heavy (non-hydrogen) atoms. The maximum atomic E-state index is 8.97. The molecule has 0 radical (unpaired) electrons. The first-order valence-electron chi connectivity index (χ1n) is 5.28. The molecule has 0 amide bonds. The van der Waals surface area contributed by atoms with Gasteiger partial charge in [-0.3, -0.25) is 4.68 Å². The van der Waals surface area contributed by atoms with E-state index in [9.17, 15) is 0 Å². The van der Waals surface area contributed by atoms with Crippen LogP contribution in [0.25, 0.3) is 0 Å². The van der Waals surface area contributed by atoms with Crippen molar-refractivity contribution in [3.05, 3.63) is 17.0 Å². The second-order valence-corrected chi connectivity index (χ2v) is 4.26. The lowest BCUT2D eigenvalue weighted by Gasteiger charge is -2.15. The molecule has 4 heteroatoms. The highest BCUT2D eigenvalue weighted by Crippen LogP contribution is 2.21. The van der Waals surface area contributed by atoms with E-state index in [0.717, 1.165) is 24.2 Å². The Morgan fingerprint density at radius 1 is 1.60 bits per heavy atom. The standard InChI is InChI=1S/C11H15N3O/c1-8(2)6-14-11-7-15-4-3-9(11)10(5-12)13-14/h8H,3-4,6-7H2,1-2H3. The molecule has 0 bridgehead atoms. The highest BCUT2D eigenvalue weighted by atomic mass is 16.5. The van der Waals surface area contributed by atoms with Crippen LogP contribution >= 0.6 is 0 Å². The van der Waals surface area contributed by atoms with Gasteiger partial charge in [0.1, 0.15) is 6.07 Å². The van der Waals surface area contributed by atoms with Gasteiger partial charge in [0.15, 0.2) is 5.69 Å². The Hall–Kier alpha value is -1.34. The van der Waals surface area contributed by atoms with E-state index in [1.807, 2.05) is 4.68 Å². The van der Waals surface area contributed by atoms with E-state index in [2.05, 4.69) is 25.0 Å². The first-order chi connectivity index (χ1) is 7.22. The van der Waals surface area contributed by atoms with Crippen molar-refractivity contribution in [1.29, 1.82) is 5.26 Å². The molecule has 0 aliphatic carbocycles. The van der Waals surface area contributed by atoms with Crippen LogP contribution in [0.2, 0.25) is 0 Å². The molecule has 0 N–H and O–H groups in total. The predicted molar refractivity (Wildman–Crippen MR) is 55.1 cm³/mol. The SMILES string of the molecule is CC(C)Cn1nc(C#N)c2c1COCC2. The zero-order valence-corrected chi connectivity index (χ0v) is 9.16. The molecule has 0 fully saturated rings. The molecule has 0 saturated carbocycles. The van der Waals surface area contributed by atoms with Crippen LogP contribution in [0.15, 0.2) is 0 Å². The molecule has 1 aromatic heterocycles. The minimum atomic E-state index is 0.530. The maximum absolute atomic E-state index is 8.97. The smallest absolute Gasteiger partial charge is 0.166 e. The molecule has 0 spiro atoms. The number of ether oxygens (including phenoxy) is 1. The van der Waals surface area contributed by atoms with E-state index in [1.54, 1.807) is 0 Å². The normalized spacial score (nSPS) is 15.1. The molecule has 2 heterocycles. The van der Waals surface area contributed by atoms with Gasteiger partial charge in [0.05, 0.1) is 18.9 Å². The van der Waals surface area contributed by atoms with Crippen molar-refractivity contribution in [3.63, 3.8) is 0 Å². The molecule has 2 rings (SSSR count). The molecule has 4 nitrogen and oxygen atoms in total. The fourth-order valence-electron chi connectivity index (χ4n) is 1.89. The Bertz CT molecular complexity index is 401. The van der Waals surface area contributed by atoms with Gasteiger partial charge in [-0.1, -0.05) is 13.8 Å². The average Bonchev–Trinajstić information content (AvgIpc) is 2.56. The summed E-state index contributed by atoms with van der Waals surface area (Å²) in [7, 11) is 0. The summed E-state index contributed by atoms with van der Waals surface area (Å²) < 4.78 is 7.33. The van der Waals surface area contributed by atoms with Gasteiger partial charge in [-0.25, -0.2) is 0 Å². The Morgan fingerprint density at radius 2 is 2.40 bits per heavy atom. The Morgan fingerprint density at radius 3 is 3.07 bits per heavy atom. The summed E-state index contributed by atoms with van der Waals surface area (Å²) in [6.45, 7) is 6.44. The fourth-order valence-corrected chi connectivity index (χ4v) is 1.89. The van der Waals surface area contributed by atoms with E-state index in [4.69, 9.17) is 10.00 Å². The molecule has 1 aliphatic rings. The zero-order valence-electron chi connectivity index (χ0n) is 9.16. The van der Waals surface area contributed by atoms with E-state index in [-0.39, 0.29) is 0 Å². The number of hydrogen-bond acceptors (Lipinski definition) is 3. The van der Waals surface area contributed by atoms with Gasteiger partial charge in [0.25, 0.3) is 0 Å². The number of rotatable bonds is 2. The molecule has 80 valence electrons. The van der Waals surface area contributed by atoms with Crippen molar-refractivity contribution in [2.24, 2.45) is 5.92 Å². The second-order valence-electron chi connectivity index (χ2n) is 4.26. The minimum Gasteiger partial charge on any atom is -0.375 e. The third-order valence-corrected chi connectivity index (χ3v) is 2.55. The average molecular weight is 205 g/mol. The van der Waals surface area contributed by atoms with Gasteiger partial charge in [0.2, 0.25) is 0 Å². The zero-order chi connectivity index (χ0) is 10.8. The van der Waals surface area contributed by atoms with Crippen molar-refractivity contribution < 1.29 is 4.74 Å². The Balaban J connectivity index is 2.39. The Labute approximate surface area is 89.5 Å². The minimum absolute atomic E-state index is 0.530. The predicted octanol–water partition coefficient (Wildman–Crippen LogP) is 1.48. The summed E-state index contributed by atoms with van der Waals surface area (Å²) in [4.78, 5) is 0. The number of hydrogen-bond donors (Lipinski definition) is 0. The third kappa shape index (κ3) is 1.88. The van der Waals surface area contributed by atoms with Gasteiger partial charge in [-0.2, -0.15) is 10.4 Å². The number of fused-ring (bicyclic) bond motifs is 1. The molecule has 0 saturated heterocycles. The molecular weight excluding hydrogens is 190 g/mol. The lowest BCUT2D eigenvalue weighted by atomic mass is 10.1. The molecule has 0 unspecified atom stereocenters. The van der Waals surface area contributed by atoms with E-state index < -0.39 is 0 Å². The summed E-state index contributed by atoms with van der Waals surface area (Å²) in [5.41, 5.74) is 2.75. The van der Waals surface area contributed by atoms with Crippen molar-refractivity contribution in [2.75, 3.05) is 6.61 Å². The van der Waals surface area contributed by atoms with Crippen molar-refractivity contribution >= 4 is 0 Å². The topological polar surface area (TPSA) is 50.8 Å². The van der Waals surface area contributed by atoms with Crippen molar-refractivity contribution in [1.82, 2.24) is 9.78 Å². The van der Waals surface area contributed by atoms with Crippen LogP contribution in [0, 0.1) is 17.2 Å². The third-order valence-electron chi connectivity index (χ3n) is 2.55. The fraction of sp³-hybridized carbons (Fsp3) is 0.636. The van der Waals surface area contributed by atoms with Crippen LogP contribution < -0.4 is 0 Å². The summed E-state index contributed by atoms with van der Waals surface area (Å²) in [5, 5.41) is 13.3. The summed E-state index contributed by atoms with van der Waals surface area (Å²) in [6, 6.07) is 2.16. The van der Waals surface area contributed by atoms with Gasteiger partial charge in [-0.15, -0.1) is 0 Å². The lowest BCUT2D eigenvalue weighted by Crippen LogP contribution is -2.15. The maximum Gasteiger partial charge on any atom is 0.166 e. The van der Waals surface area contributed by atoms with Crippen LogP contribution in [-0.4, -0.2) is 16.4 Å². The van der Waals surface area contributed by atoms with Gasteiger partial charge in [-0.05, 0) is 5.92 Å². The number of nitrogens with zero attached hydrogens (tertiary/aromatic N) is 3. The highest BCUT2D eigenvalue weighted by Gasteiger charge is 2.21. The van der Waals surface area contributed by atoms with Gasteiger partial charge < -0.3 is 4.74 Å². The largest absolute Gasteiger partial charge is 0.375 e. The first kappa shape index (κ1) is 10.2. The molecule has 0 atom stereocenters. The monoisotopic (exact) mass is 205 g/mol. The van der Waals surface area contributed by atoms with Crippen LogP contribution in [0.3, 0.4) is 0 Å². The van der Waals surface area contributed by atoms with E-state index in [0.29, 0.717) is 24.8 Å². The molecule has 0 aromatic carbocycles. The summed E-state index contributed by atoms with van der Waals surface area (Å²) in [5.74, 6) is 0.530. The van der Waals surface area contributed by atoms with E-state index in [1.165, 1.54) is 0 Å². The molecular formula is C11H15N3O. The van der Waals surface area contributed by atoms with Crippen LogP contribution in [0.5, 0.6) is 0 Å².